The molecule has 0 saturated heterocycles. The van der Waals surface area contributed by atoms with Gasteiger partial charge >= 0.3 is 5.97 Å². The van der Waals surface area contributed by atoms with Crippen molar-refractivity contribution in [2.75, 3.05) is 5.32 Å². The van der Waals surface area contributed by atoms with Crippen LogP contribution in [0.4, 0.5) is 5.69 Å². The maximum atomic E-state index is 11.2. The van der Waals surface area contributed by atoms with Gasteiger partial charge in [-0.05, 0) is 40.2 Å². The van der Waals surface area contributed by atoms with Crippen LogP contribution in [-0.2, 0) is 16.6 Å². The molecular weight excluding hydrogens is 380 g/mol. The molecule has 0 spiro atoms. The predicted molar refractivity (Wildman–Crippen MR) is 84.1 cm³/mol. The Labute approximate surface area is 133 Å². The van der Waals surface area contributed by atoms with E-state index in [9.17, 15) is 13.2 Å². The second-order valence-electron chi connectivity index (χ2n) is 4.15. The van der Waals surface area contributed by atoms with E-state index in [1.807, 2.05) is 0 Å². The number of primary sulfonamides is 1. The lowest BCUT2D eigenvalue weighted by atomic mass is 10.3. The lowest BCUT2D eigenvalue weighted by Gasteiger charge is -2.08. The number of carboxylic acids is 1. The van der Waals surface area contributed by atoms with Gasteiger partial charge in [-0.2, -0.15) is 0 Å². The van der Waals surface area contributed by atoms with E-state index in [-0.39, 0.29) is 10.5 Å². The molecule has 0 radical (unpaired) electrons. The lowest BCUT2D eigenvalue weighted by Crippen LogP contribution is -2.12. The first-order valence-corrected chi connectivity index (χ1v) is 8.86. The topological polar surface area (TPSA) is 109 Å². The van der Waals surface area contributed by atoms with Crippen LogP contribution in [0.15, 0.2) is 39.0 Å². The number of carbonyl (C=O) groups is 1. The first-order chi connectivity index (χ1) is 9.77. The summed E-state index contributed by atoms with van der Waals surface area (Å²) < 4.78 is 23.0. The van der Waals surface area contributed by atoms with E-state index in [4.69, 9.17) is 10.2 Å². The van der Waals surface area contributed by atoms with Crippen LogP contribution in [0.3, 0.4) is 0 Å². The monoisotopic (exact) mass is 390 g/mol. The highest BCUT2D eigenvalue weighted by molar-refractivity contribution is 9.10. The summed E-state index contributed by atoms with van der Waals surface area (Å²) in [5.41, 5.74) is 0.938. The van der Waals surface area contributed by atoms with Gasteiger partial charge in [0.05, 0.1) is 10.5 Å². The Morgan fingerprint density at radius 1 is 1.38 bits per heavy atom. The molecule has 0 aliphatic heterocycles. The quantitative estimate of drug-likeness (QED) is 0.726. The third kappa shape index (κ3) is 4.03. The first-order valence-electron chi connectivity index (χ1n) is 5.64. The van der Waals surface area contributed by atoms with Gasteiger partial charge in [0.15, 0.2) is 0 Å². The SMILES string of the molecule is NS(=O)(=O)c1ccc(NCc2cc(C(=O)O)cs2)c(Br)c1. The minimum atomic E-state index is -3.74. The van der Waals surface area contributed by atoms with Gasteiger partial charge in [0, 0.05) is 27.0 Å². The minimum absolute atomic E-state index is 0.0178. The molecule has 1 aromatic carbocycles. The molecule has 1 aromatic heterocycles. The van der Waals surface area contributed by atoms with Crippen LogP contribution < -0.4 is 10.5 Å². The summed E-state index contributed by atoms with van der Waals surface area (Å²) in [5, 5.41) is 18.6. The van der Waals surface area contributed by atoms with Crippen molar-refractivity contribution in [2.24, 2.45) is 5.14 Å². The van der Waals surface area contributed by atoms with Crippen molar-refractivity contribution in [1.82, 2.24) is 0 Å². The van der Waals surface area contributed by atoms with Crippen molar-refractivity contribution < 1.29 is 18.3 Å². The Balaban J connectivity index is 2.11. The Hall–Kier alpha value is -1.42. The van der Waals surface area contributed by atoms with Gasteiger partial charge in [0.2, 0.25) is 10.0 Å². The van der Waals surface area contributed by atoms with Crippen LogP contribution in [0.1, 0.15) is 15.2 Å². The Kier molecular flexibility index (Phi) is 4.67. The zero-order chi connectivity index (χ0) is 15.6. The van der Waals surface area contributed by atoms with Crippen LogP contribution in [0, 0.1) is 0 Å². The molecule has 4 N–H and O–H groups in total. The molecule has 1 heterocycles. The molecule has 21 heavy (non-hydrogen) atoms. The Bertz CT molecular complexity index is 786. The molecule has 0 saturated carbocycles. The fourth-order valence-electron chi connectivity index (χ4n) is 1.58. The van der Waals surface area contributed by atoms with Crippen LogP contribution in [0.5, 0.6) is 0 Å². The van der Waals surface area contributed by atoms with E-state index < -0.39 is 16.0 Å². The van der Waals surface area contributed by atoms with Crippen LogP contribution in [-0.4, -0.2) is 19.5 Å². The van der Waals surface area contributed by atoms with E-state index in [0.717, 1.165) is 4.88 Å². The highest BCUT2D eigenvalue weighted by Crippen LogP contribution is 2.26. The summed E-state index contributed by atoms with van der Waals surface area (Å²) in [6.07, 6.45) is 0. The smallest absolute Gasteiger partial charge is 0.336 e. The normalized spacial score (nSPS) is 11.3. The molecule has 9 heteroatoms. The molecule has 0 fully saturated rings. The Morgan fingerprint density at radius 3 is 2.62 bits per heavy atom. The molecule has 0 bridgehead atoms. The maximum Gasteiger partial charge on any atom is 0.336 e. The summed E-state index contributed by atoms with van der Waals surface area (Å²) >= 11 is 4.60. The van der Waals surface area contributed by atoms with Crippen molar-refractivity contribution in [2.45, 2.75) is 11.4 Å². The molecule has 2 rings (SSSR count). The zero-order valence-electron chi connectivity index (χ0n) is 10.5. The number of nitrogens with two attached hydrogens (primary N) is 1. The average Bonchev–Trinajstić information content (AvgIpc) is 2.85. The van der Waals surface area contributed by atoms with E-state index in [2.05, 4.69) is 21.2 Å². The van der Waals surface area contributed by atoms with Gasteiger partial charge in [-0.15, -0.1) is 11.3 Å². The summed E-state index contributed by atoms with van der Waals surface area (Å²) in [5.74, 6) is -0.962. The van der Waals surface area contributed by atoms with E-state index in [1.54, 1.807) is 17.5 Å². The van der Waals surface area contributed by atoms with Gasteiger partial charge in [0.1, 0.15) is 0 Å². The van der Waals surface area contributed by atoms with Gasteiger partial charge in [-0.1, -0.05) is 0 Å². The van der Waals surface area contributed by atoms with E-state index in [0.29, 0.717) is 16.7 Å². The lowest BCUT2D eigenvalue weighted by molar-refractivity contribution is 0.0697. The van der Waals surface area contributed by atoms with Crippen LogP contribution >= 0.6 is 27.3 Å². The fraction of sp³-hybridized carbons (Fsp3) is 0.0833. The third-order valence-corrected chi connectivity index (χ3v) is 5.13. The van der Waals surface area contributed by atoms with Gasteiger partial charge in [-0.25, -0.2) is 18.4 Å². The maximum absolute atomic E-state index is 11.2. The summed E-state index contributed by atoms with van der Waals surface area (Å²) in [7, 11) is -3.74. The highest BCUT2D eigenvalue weighted by Gasteiger charge is 2.11. The van der Waals surface area contributed by atoms with E-state index >= 15 is 0 Å². The number of hydrogen-bond acceptors (Lipinski definition) is 5. The number of benzene rings is 1. The number of halogens is 1. The fourth-order valence-corrected chi connectivity index (χ4v) is 3.59. The second-order valence-corrected chi connectivity index (χ2v) is 7.56. The van der Waals surface area contributed by atoms with Crippen molar-refractivity contribution >= 4 is 48.9 Å². The van der Waals surface area contributed by atoms with Crippen LogP contribution in [0.25, 0.3) is 0 Å². The number of nitrogens with one attached hydrogen (secondary N) is 1. The number of anilines is 1. The number of rotatable bonds is 5. The van der Waals surface area contributed by atoms with E-state index in [1.165, 1.54) is 23.5 Å². The summed E-state index contributed by atoms with van der Waals surface area (Å²) in [6, 6.07) is 6.00. The molecule has 0 atom stereocenters. The van der Waals surface area contributed by atoms with Crippen molar-refractivity contribution in [3.05, 3.63) is 44.6 Å². The number of sulfonamides is 1. The largest absolute Gasteiger partial charge is 0.478 e. The molecule has 0 aliphatic carbocycles. The molecule has 0 aliphatic rings. The summed E-state index contributed by atoms with van der Waals surface area (Å²) in [6.45, 7) is 0.436. The molecule has 0 amide bonds. The molecule has 6 nitrogen and oxygen atoms in total. The van der Waals surface area contributed by atoms with Gasteiger partial charge in [0.25, 0.3) is 0 Å². The van der Waals surface area contributed by atoms with Gasteiger partial charge in [-0.3, -0.25) is 0 Å². The molecule has 112 valence electrons. The second kappa shape index (κ2) is 6.14. The molecule has 0 unspecified atom stereocenters. The summed E-state index contributed by atoms with van der Waals surface area (Å²) in [4.78, 5) is 11.7. The predicted octanol–water partition coefficient (Wildman–Crippen LogP) is 2.47. The van der Waals surface area contributed by atoms with Gasteiger partial charge < -0.3 is 10.4 Å². The van der Waals surface area contributed by atoms with Crippen molar-refractivity contribution in [3.8, 4) is 0 Å². The minimum Gasteiger partial charge on any atom is -0.478 e. The number of aromatic carboxylic acids is 1. The average molecular weight is 391 g/mol. The standard InChI is InChI=1S/C12H11BrN2O4S2/c13-10-4-9(21(14,18)19)1-2-11(10)15-5-8-3-7(6-20-8)12(16)17/h1-4,6,15H,5H2,(H,16,17)(H2,14,18,19). The highest BCUT2D eigenvalue weighted by atomic mass is 79.9. The zero-order valence-corrected chi connectivity index (χ0v) is 13.8. The van der Waals surface area contributed by atoms with Crippen LogP contribution in [0.2, 0.25) is 0 Å². The van der Waals surface area contributed by atoms with Crippen molar-refractivity contribution in [3.63, 3.8) is 0 Å². The van der Waals surface area contributed by atoms with Crippen molar-refractivity contribution in [1.29, 1.82) is 0 Å². The Morgan fingerprint density at radius 2 is 2.10 bits per heavy atom. The molecule has 2 aromatic rings. The number of thiophene rings is 1. The molecular formula is C12H11BrN2O4S2. The number of hydrogen-bond donors (Lipinski definition) is 3. The first kappa shape index (κ1) is 16.0. The number of carboxylic acid groups (broad SMARTS) is 1. The third-order valence-electron chi connectivity index (χ3n) is 2.62.